The monoisotopic (exact) mass is 285 g/mol. The Morgan fingerprint density at radius 3 is 2.89 bits per heavy atom. The van der Waals surface area contributed by atoms with E-state index < -0.39 is 0 Å². The molecule has 1 heterocycles. The normalized spacial score (nSPS) is 10.9. The van der Waals surface area contributed by atoms with E-state index >= 15 is 0 Å². The van der Waals surface area contributed by atoms with Crippen LogP contribution in [0.4, 0.5) is 5.69 Å². The standard InChI is InChI=1S/C13H23N3O2S/c1-10(2)16-9-11(14)8-12(16)13(18)15-4-7-19-6-3-5-17/h8-10,17H,3-7,14H2,1-2H3,(H,15,18). The number of amides is 1. The number of nitrogen functional groups attached to an aromatic ring is 1. The van der Waals surface area contributed by atoms with Crippen LogP contribution in [-0.2, 0) is 0 Å². The first kappa shape index (κ1) is 15.9. The van der Waals surface area contributed by atoms with Crippen LogP contribution in [0.5, 0.6) is 0 Å². The zero-order chi connectivity index (χ0) is 14.3. The molecular formula is C13H23N3O2S. The van der Waals surface area contributed by atoms with Crippen molar-refractivity contribution in [2.24, 2.45) is 0 Å². The quantitative estimate of drug-likeness (QED) is 0.632. The Morgan fingerprint density at radius 1 is 1.53 bits per heavy atom. The molecule has 1 aromatic rings. The summed E-state index contributed by atoms with van der Waals surface area (Å²) in [5.74, 6) is 1.68. The van der Waals surface area contributed by atoms with Gasteiger partial charge in [-0.2, -0.15) is 11.8 Å². The number of rotatable bonds is 8. The highest BCUT2D eigenvalue weighted by molar-refractivity contribution is 7.99. The molecule has 0 radical (unpaired) electrons. The van der Waals surface area contributed by atoms with E-state index in [1.54, 1.807) is 24.0 Å². The molecule has 0 unspecified atom stereocenters. The van der Waals surface area contributed by atoms with Gasteiger partial charge in [0.15, 0.2) is 0 Å². The van der Waals surface area contributed by atoms with Crippen molar-refractivity contribution in [3.8, 4) is 0 Å². The first-order valence-electron chi connectivity index (χ1n) is 6.50. The number of nitrogens with one attached hydrogen (secondary N) is 1. The van der Waals surface area contributed by atoms with Crippen LogP contribution in [0.2, 0.25) is 0 Å². The van der Waals surface area contributed by atoms with E-state index in [2.05, 4.69) is 5.32 Å². The van der Waals surface area contributed by atoms with Crippen LogP contribution in [0, 0.1) is 0 Å². The van der Waals surface area contributed by atoms with Crippen molar-refractivity contribution in [3.05, 3.63) is 18.0 Å². The molecule has 0 bridgehead atoms. The minimum atomic E-state index is -0.0897. The molecule has 1 aromatic heterocycles. The maximum atomic E-state index is 12.0. The first-order chi connectivity index (χ1) is 9.06. The molecule has 19 heavy (non-hydrogen) atoms. The lowest BCUT2D eigenvalue weighted by Crippen LogP contribution is -2.28. The van der Waals surface area contributed by atoms with E-state index in [9.17, 15) is 4.79 Å². The molecule has 0 aliphatic carbocycles. The topological polar surface area (TPSA) is 80.3 Å². The molecule has 0 saturated heterocycles. The van der Waals surface area contributed by atoms with Crippen molar-refractivity contribution in [3.63, 3.8) is 0 Å². The second-order valence-electron chi connectivity index (χ2n) is 4.61. The summed E-state index contributed by atoms with van der Waals surface area (Å²) in [7, 11) is 0. The highest BCUT2D eigenvalue weighted by Crippen LogP contribution is 2.16. The molecule has 1 rings (SSSR count). The van der Waals surface area contributed by atoms with Crippen LogP contribution in [0.25, 0.3) is 0 Å². The van der Waals surface area contributed by atoms with Gasteiger partial charge in [0.25, 0.3) is 5.91 Å². The largest absolute Gasteiger partial charge is 0.397 e. The summed E-state index contributed by atoms with van der Waals surface area (Å²) >= 11 is 1.72. The van der Waals surface area contributed by atoms with Crippen molar-refractivity contribution < 1.29 is 9.90 Å². The van der Waals surface area contributed by atoms with Gasteiger partial charge in [-0.15, -0.1) is 0 Å². The van der Waals surface area contributed by atoms with Crippen LogP contribution < -0.4 is 11.1 Å². The number of carbonyl (C=O) groups is 1. The third-order valence-corrected chi connectivity index (χ3v) is 3.71. The van der Waals surface area contributed by atoms with Gasteiger partial charge in [0, 0.05) is 31.1 Å². The minimum Gasteiger partial charge on any atom is -0.397 e. The van der Waals surface area contributed by atoms with Crippen LogP contribution >= 0.6 is 11.8 Å². The lowest BCUT2D eigenvalue weighted by Gasteiger charge is -2.12. The Kier molecular flexibility index (Phi) is 6.80. The van der Waals surface area contributed by atoms with Crippen LogP contribution in [-0.4, -0.2) is 40.2 Å². The lowest BCUT2D eigenvalue weighted by molar-refractivity contribution is 0.0945. The fraction of sp³-hybridized carbons (Fsp3) is 0.615. The van der Waals surface area contributed by atoms with E-state index in [1.165, 1.54) is 0 Å². The summed E-state index contributed by atoms with van der Waals surface area (Å²) in [4.78, 5) is 12.0. The highest BCUT2D eigenvalue weighted by Gasteiger charge is 2.14. The predicted octanol–water partition coefficient (Wildman–Crippen LogP) is 1.50. The van der Waals surface area contributed by atoms with Crippen molar-refractivity contribution in [2.45, 2.75) is 26.3 Å². The average Bonchev–Trinajstić information content (AvgIpc) is 2.76. The van der Waals surface area contributed by atoms with E-state index in [-0.39, 0.29) is 18.6 Å². The van der Waals surface area contributed by atoms with Gasteiger partial charge < -0.3 is 20.7 Å². The SMILES string of the molecule is CC(C)n1cc(N)cc1C(=O)NCCSCCCO. The fourth-order valence-corrected chi connectivity index (χ4v) is 2.49. The zero-order valence-corrected chi connectivity index (χ0v) is 12.4. The van der Waals surface area contributed by atoms with Crippen LogP contribution in [0.15, 0.2) is 12.3 Å². The second-order valence-corrected chi connectivity index (χ2v) is 5.83. The number of anilines is 1. The van der Waals surface area contributed by atoms with E-state index in [0.717, 1.165) is 17.9 Å². The number of nitrogens with zero attached hydrogens (tertiary/aromatic N) is 1. The Labute approximate surface area is 118 Å². The number of carbonyl (C=O) groups excluding carboxylic acids is 1. The summed E-state index contributed by atoms with van der Waals surface area (Å²) in [5, 5.41) is 11.5. The Hall–Kier alpha value is -1.14. The number of hydrogen-bond donors (Lipinski definition) is 3. The molecule has 0 aliphatic rings. The Morgan fingerprint density at radius 2 is 2.26 bits per heavy atom. The van der Waals surface area contributed by atoms with Crippen molar-refractivity contribution in [1.29, 1.82) is 0 Å². The van der Waals surface area contributed by atoms with Gasteiger partial charge in [-0.3, -0.25) is 4.79 Å². The molecule has 1 amide bonds. The third-order valence-electron chi connectivity index (χ3n) is 2.64. The second kappa shape index (κ2) is 8.12. The molecule has 108 valence electrons. The van der Waals surface area contributed by atoms with Crippen molar-refractivity contribution in [1.82, 2.24) is 9.88 Å². The molecule has 0 atom stereocenters. The molecule has 5 nitrogen and oxygen atoms in total. The molecule has 0 spiro atoms. The van der Waals surface area contributed by atoms with Crippen LogP contribution in [0.3, 0.4) is 0 Å². The van der Waals surface area contributed by atoms with Gasteiger partial charge in [0.1, 0.15) is 5.69 Å². The zero-order valence-electron chi connectivity index (χ0n) is 11.6. The average molecular weight is 285 g/mol. The van der Waals surface area contributed by atoms with E-state index in [1.807, 2.05) is 18.4 Å². The fourth-order valence-electron chi connectivity index (χ4n) is 1.71. The van der Waals surface area contributed by atoms with Gasteiger partial charge in [0.2, 0.25) is 0 Å². The summed E-state index contributed by atoms with van der Waals surface area (Å²) in [6, 6.07) is 1.91. The van der Waals surface area contributed by atoms with E-state index in [0.29, 0.717) is 17.9 Å². The van der Waals surface area contributed by atoms with Crippen LogP contribution in [0.1, 0.15) is 36.8 Å². The smallest absolute Gasteiger partial charge is 0.268 e. The molecule has 0 aromatic carbocycles. The molecule has 0 saturated carbocycles. The summed E-state index contributed by atoms with van der Waals surface area (Å²) in [6.07, 6.45) is 2.58. The van der Waals surface area contributed by atoms with Gasteiger partial charge in [-0.25, -0.2) is 0 Å². The summed E-state index contributed by atoms with van der Waals surface area (Å²) < 4.78 is 1.88. The maximum absolute atomic E-state index is 12.0. The number of nitrogens with two attached hydrogens (primary N) is 1. The van der Waals surface area contributed by atoms with Gasteiger partial charge in [-0.05, 0) is 32.1 Å². The number of aliphatic hydroxyl groups is 1. The molecular weight excluding hydrogens is 262 g/mol. The van der Waals surface area contributed by atoms with E-state index in [4.69, 9.17) is 10.8 Å². The van der Waals surface area contributed by atoms with Gasteiger partial charge >= 0.3 is 0 Å². The predicted molar refractivity (Wildman–Crippen MR) is 80.6 cm³/mol. The molecule has 6 heteroatoms. The summed E-state index contributed by atoms with van der Waals surface area (Å²) in [6.45, 7) is 4.88. The minimum absolute atomic E-state index is 0.0897. The Balaban J connectivity index is 2.41. The summed E-state index contributed by atoms with van der Waals surface area (Å²) in [5.41, 5.74) is 6.95. The highest BCUT2D eigenvalue weighted by atomic mass is 32.2. The first-order valence-corrected chi connectivity index (χ1v) is 7.66. The maximum Gasteiger partial charge on any atom is 0.268 e. The van der Waals surface area contributed by atoms with Crippen molar-refractivity contribution >= 4 is 23.4 Å². The molecule has 4 N–H and O–H groups in total. The number of aromatic nitrogens is 1. The lowest BCUT2D eigenvalue weighted by atomic mass is 10.3. The molecule has 0 fully saturated rings. The number of thioether (sulfide) groups is 1. The van der Waals surface area contributed by atoms with Gasteiger partial charge in [-0.1, -0.05) is 0 Å². The van der Waals surface area contributed by atoms with Crippen molar-refractivity contribution in [2.75, 3.05) is 30.4 Å². The third kappa shape index (κ3) is 5.16. The van der Waals surface area contributed by atoms with Gasteiger partial charge in [0.05, 0.1) is 5.69 Å². The number of hydrogen-bond acceptors (Lipinski definition) is 4. The molecule has 0 aliphatic heterocycles. The number of aliphatic hydroxyl groups excluding tert-OH is 1. The Bertz CT molecular complexity index is 405.